The van der Waals surface area contributed by atoms with Gasteiger partial charge in [-0.25, -0.2) is 8.42 Å². The van der Waals surface area contributed by atoms with E-state index in [1.807, 2.05) is 61.5 Å². The first-order valence-electron chi connectivity index (χ1n) is 16.9. The second-order valence-electron chi connectivity index (χ2n) is 12.1. The zero-order valence-corrected chi connectivity index (χ0v) is 29.0. The van der Waals surface area contributed by atoms with E-state index in [-0.39, 0.29) is 35.5 Å². The van der Waals surface area contributed by atoms with Gasteiger partial charge in [0.15, 0.2) is 0 Å². The van der Waals surface area contributed by atoms with E-state index < -0.39 is 28.5 Å². The quantitative estimate of drug-likeness (QED) is 0.156. The molecular weight excluding hydrogens is 639 g/mol. The number of amides is 2. The number of anilines is 1. The molecule has 0 heterocycles. The Hall–Kier alpha value is -4.83. The van der Waals surface area contributed by atoms with E-state index in [0.717, 1.165) is 47.5 Å². The van der Waals surface area contributed by atoms with Gasteiger partial charge in [0.25, 0.3) is 10.0 Å². The number of nitrogens with one attached hydrogen (secondary N) is 1. The summed E-state index contributed by atoms with van der Waals surface area (Å²) in [6.45, 7) is 1.60. The van der Waals surface area contributed by atoms with Crippen molar-refractivity contribution < 1.29 is 27.5 Å². The number of carbonyl (C=O) groups is 2. The summed E-state index contributed by atoms with van der Waals surface area (Å²) in [6, 6.07) is 30.8. The van der Waals surface area contributed by atoms with Gasteiger partial charge in [0, 0.05) is 19.0 Å². The first-order chi connectivity index (χ1) is 23.8. The third-order valence-electron chi connectivity index (χ3n) is 8.75. The minimum absolute atomic E-state index is 0.0151. The maximum Gasteiger partial charge on any atom is 0.264 e. The molecule has 4 aromatic carbocycles. The van der Waals surface area contributed by atoms with Crippen LogP contribution in [0.2, 0.25) is 0 Å². The van der Waals surface area contributed by atoms with Crippen molar-refractivity contribution in [1.82, 2.24) is 10.2 Å². The smallest absolute Gasteiger partial charge is 0.264 e. The van der Waals surface area contributed by atoms with Gasteiger partial charge in [0.05, 0.1) is 24.3 Å². The van der Waals surface area contributed by atoms with E-state index in [0.29, 0.717) is 18.1 Å². The zero-order valence-electron chi connectivity index (χ0n) is 28.2. The molecule has 0 radical (unpaired) electrons. The molecule has 1 fully saturated rings. The third kappa shape index (κ3) is 9.20. The Labute approximate surface area is 289 Å². The fourth-order valence-electron chi connectivity index (χ4n) is 6.24. The summed E-state index contributed by atoms with van der Waals surface area (Å²) < 4.78 is 41.1. The predicted molar refractivity (Wildman–Crippen MR) is 191 cm³/mol. The van der Waals surface area contributed by atoms with Gasteiger partial charge in [-0.3, -0.25) is 13.9 Å². The number of methoxy groups -OCH3 is 1. The van der Waals surface area contributed by atoms with Gasteiger partial charge >= 0.3 is 0 Å². The molecule has 4 aromatic rings. The highest BCUT2D eigenvalue weighted by atomic mass is 32.2. The van der Waals surface area contributed by atoms with Crippen LogP contribution < -0.4 is 19.1 Å². The van der Waals surface area contributed by atoms with E-state index in [1.165, 1.54) is 17.0 Å². The second kappa shape index (κ2) is 17.0. The lowest BCUT2D eigenvalue weighted by Crippen LogP contribution is -2.55. The molecular formula is C39H45N3O6S. The van der Waals surface area contributed by atoms with Crippen LogP contribution in [0.5, 0.6) is 11.5 Å². The number of rotatable bonds is 15. The van der Waals surface area contributed by atoms with Crippen LogP contribution >= 0.6 is 0 Å². The molecule has 1 atom stereocenters. The number of hydrogen-bond acceptors (Lipinski definition) is 6. The van der Waals surface area contributed by atoms with Crippen LogP contribution in [0.3, 0.4) is 0 Å². The van der Waals surface area contributed by atoms with Crippen molar-refractivity contribution in [2.45, 2.75) is 69.0 Å². The van der Waals surface area contributed by atoms with E-state index >= 15 is 0 Å². The van der Waals surface area contributed by atoms with Crippen molar-refractivity contribution in [2.75, 3.05) is 24.6 Å². The van der Waals surface area contributed by atoms with Crippen LogP contribution in [0.4, 0.5) is 5.69 Å². The van der Waals surface area contributed by atoms with Crippen LogP contribution in [0.25, 0.3) is 0 Å². The Balaban J connectivity index is 1.59. The molecule has 1 N–H and O–H groups in total. The lowest BCUT2D eigenvalue weighted by Gasteiger charge is -2.35. The van der Waals surface area contributed by atoms with Crippen molar-refractivity contribution in [3.05, 3.63) is 120 Å². The summed E-state index contributed by atoms with van der Waals surface area (Å²) in [5.41, 5.74) is 1.85. The molecule has 1 aliphatic rings. The molecule has 10 heteroatoms. The molecule has 1 aliphatic carbocycles. The van der Waals surface area contributed by atoms with Crippen molar-refractivity contribution in [1.29, 1.82) is 0 Å². The van der Waals surface area contributed by atoms with Gasteiger partial charge in [-0.15, -0.1) is 0 Å². The number of sulfonamides is 1. The molecule has 258 valence electrons. The van der Waals surface area contributed by atoms with Gasteiger partial charge in [-0.2, -0.15) is 0 Å². The molecule has 5 rings (SSSR count). The summed E-state index contributed by atoms with van der Waals surface area (Å²) in [4.78, 5) is 30.7. The largest absolute Gasteiger partial charge is 0.497 e. The molecule has 49 heavy (non-hydrogen) atoms. The molecule has 0 aliphatic heterocycles. The summed E-state index contributed by atoms with van der Waals surface area (Å²) in [5.74, 6) is 0.134. The average Bonchev–Trinajstić information content (AvgIpc) is 3.13. The normalized spacial score (nSPS) is 14.0. The Morgan fingerprint density at radius 2 is 1.49 bits per heavy atom. The number of para-hydroxylation sites is 2. The minimum atomic E-state index is -4.25. The number of hydrogen-bond donors (Lipinski definition) is 1. The van der Waals surface area contributed by atoms with Gasteiger partial charge in [-0.05, 0) is 67.3 Å². The van der Waals surface area contributed by atoms with Crippen molar-refractivity contribution in [2.24, 2.45) is 0 Å². The van der Waals surface area contributed by atoms with Crippen LogP contribution in [-0.4, -0.2) is 57.5 Å². The van der Waals surface area contributed by atoms with Gasteiger partial charge < -0.3 is 19.7 Å². The summed E-state index contributed by atoms with van der Waals surface area (Å²) in [6.07, 6.45) is 5.21. The van der Waals surface area contributed by atoms with Crippen LogP contribution in [0, 0.1) is 0 Å². The third-order valence-corrected chi connectivity index (χ3v) is 10.5. The first kappa shape index (κ1) is 35.5. The Kier molecular flexibility index (Phi) is 12.3. The lowest BCUT2D eigenvalue weighted by atomic mass is 9.94. The lowest BCUT2D eigenvalue weighted by molar-refractivity contribution is -0.140. The van der Waals surface area contributed by atoms with Crippen LogP contribution in [0.15, 0.2) is 114 Å². The van der Waals surface area contributed by atoms with E-state index in [9.17, 15) is 18.0 Å². The van der Waals surface area contributed by atoms with Gasteiger partial charge in [0.1, 0.15) is 24.1 Å². The molecule has 2 amide bonds. The number of nitrogens with zero attached hydrogens (tertiary/aromatic N) is 2. The molecule has 1 saturated carbocycles. The highest BCUT2D eigenvalue weighted by molar-refractivity contribution is 7.92. The molecule has 0 unspecified atom stereocenters. The van der Waals surface area contributed by atoms with Crippen molar-refractivity contribution >= 4 is 27.5 Å². The molecule has 0 bridgehead atoms. The zero-order chi connectivity index (χ0) is 34.6. The Bertz CT molecular complexity index is 1780. The second-order valence-corrected chi connectivity index (χ2v) is 14.0. The predicted octanol–water partition coefficient (Wildman–Crippen LogP) is 6.38. The fraction of sp³-hybridized carbons (Fsp3) is 0.333. The van der Waals surface area contributed by atoms with Gasteiger partial charge in [0.2, 0.25) is 11.8 Å². The Morgan fingerprint density at radius 3 is 2.18 bits per heavy atom. The molecule has 9 nitrogen and oxygen atoms in total. The Morgan fingerprint density at radius 1 is 0.837 bits per heavy atom. The molecule has 0 aromatic heterocycles. The summed E-state index contributed by atoms with van der Waals surface area (Å²) in [5, 5.41) is 3.24. The minimum Gasteiger partial charge on any atom is -0.497 e. The summed E-state index contributed by atoms with van der Waals surface area (Å²) in [7, 11) is -2.68. The maximum atomic E-state index is 14.8. The first-order valence-corrected chi connectivity index (χ1v) is 18.3. The standard InChI is InChI=1S/C39H45N3O6S/c1-3-48-37-25-14-13-24-35(37)42(49(45,46)34-22-11-6-12-23-34)29-38(43)41(28-31-18-15-21-33(26-31)47-2)36(27-30-16-7-4-8-17-30)39(44)40-32-19-9-5-10-20-32/h4,6-8,11-18,21-26,32,36H,3,5,9-10,19-20,27-29H2,1-2H3,(H,40,44)/t36-/m0/s1. The van der Waals surface area contributed by atoms with Crippen LogP contribution in [0.1, 0.15) is 50.2 Å². The maximum absolute atomic E-state index is 14.8. The van der Waals surface area contributed by atoms with Crippen molar-refractivity contribution in [3.63, 3.8) is 0 Å². The average molecular weight is 684 g/mol. The van der Waals surface area contributed by atoms with Gasteiger partial charge in [-0.1, -0.05) is 92.1 Å². The van der Waals surface area contributed by atoms with E-state index in [1.54, 1.807) is 49.6 Å². The molecule has 0 saturated heterocycles. The highest BCUT2D eigenvalue weighted by Crippen LogP contribution is 2.33. The fourth-order valence-corrected chi connectivity index (χ4v) is 7.69. The monoisotopic (exact) mass is 683 g/mol. The number of ether oxygens (including phenoxy) is 2. The topological polar surface area (TPSA) is 105 Å². The number of benzene rings is 4. The highest BCUT2D eigenvalue weighted by Gasteiger charge is 2.36. The SMILES string of the molecule is CCOc1ccccc1N(CC(=O)N(Cc1cccc(OC)c1)[C@@H](Cc1ccccc1)C(=O)NC1CCCCC1)S(=O)(=O)c1ccccc1. The summed E-state index contributed by atoms with van der Waals surface area (Å²) >= 11 is 0. The van der Waals surface area contributed by atoms with E-state index in [2.05, 4.69) is 5.32 Å². The van der Waals surface area contributed by atoms with Crippen molar-refractivity contribution in [3.8, 4) is 11.5 Å². The number of carbonyl (C=O) groups excluding carboxylic acids is 2. The van der Waals surface area contributed by atoms with E-state index in [4.69, 9.17) is 9.47 Å². The molecule has 0 spiro atoms. The van der Waals surface area contributed by atoms with Crippen LogP contribution in [-0.2, 0) is 32.6 Å².